The van der Waals surface area contributed by atoms with Crippen LogP contribution in [0.5, 0.6) is 5.75 Å². The highest BCUT2D eigenvalue weighted by Crippen LogP contribution is 2.16. The van der Waals surface area contributed by atoms with Gasteiger partial charge in [0.15, 0.2) is 5.84 Å². The first-order chi connectivity index (χ1) is 10.2. The van der Waals surface area contributed by atoms with Crippen LogP contribution < -0.4 is 15.8 Å². The maximum atomic E-state index is 11.8. The zero-order valence-electron chi connectivity index (χ0n) is 11.2. The van der Waals surface area contributed by atoms with Gasteiger partial charge in [-0.3, -0.25) is 4.79 Å². The number of anilines is 1. The minimum Gasteiger partial charge on any atom is -0.486 e. The Labute approximate surface area is 125 Å². The molecular weight excluding hydrogens is 290 g/mol. The number of rotatable bonds is 6. The maximum absolute atomic E-state index is 11.8. The lowest BCUT2D eigenvalue weighted by molar-refractivity contribution is -0.115. The fourth-order valence-electron chi connectivity index (χ4n) is 1.60. The third-order valence-electron chi connectivity index (χ3n) is 2.60. The van der Waals surface area contributed by atoms with E-state index in [0.717, 1.165) is 5.56 Å². The number of carbonyl (C=O) groups is 1. The van der Waals surface area contributed by atoms with Crippen molar-refractivity contribution in [2.45, 2.75) is 6.42 Å². The Morgan fingerprint density at radius 1 is 1.33 bits per heavy atom. The van der Waals surface area contributed by atoms with Gasteiger partial charge in [-0.25, -0.2) is 0 Å². The molecule has 7 heteroatoms. The lowest BCUT2D eigenvalue weighted by atomic mass is 10.2. The second-order valence-electron chi connectivity index (χ2n) is 4.26. The average Bonchev–Trinajstić information content (AvgIpc) is 2.99. The van der Waals surface area contributed by atoms with Gasteiger partial charge >= 0.3 is 0 Å². The second-order valence-corrected chi connectivity index (χ2v) is 5.04. The molecule has 0 unspecified atom stereocenters. The Kier molecular flexibility index (Phi) is 5.16. The predicted octanol–water partition coefficient (Wildman–Crippen LogP) is 2.05. The number of nitrogens with two attached hydrogens (primary N) is 1. The summed E-state index contributed by atoms with van der Waals surface area (Å²) in [5, 5.41) is 17.9. The highest BCUT2D eigenvalue weighted by Gasteiger charge is 2.05. The molecular formula is C14H15N3O3S. The van der Waals surface area contributed by atoms with Crippen LogP contribution in [0.1, 0.15) is 5.56 Å². The molecule has 0 fully saturated rings. The van der Waals surface area contributed by atoms with Gasteiger partial charge < -0.3 is 21.0 Å². The number of carbonyl (C=O) groups excluding carboxylic acids is 1. The van der Waals surface area contributed by atoms with Crippen LogP contribution in [-0.4, -0.2) is 23.6 Å². The lowest BCUT2D eigenvalue weighted by Crippen LogP contribution is -2.20. The van der Waals surface area contributed by atoms with Gasteiger partial charge in [-0.1, -0.05) is 5.16 Å². The number of nitrogens with zero attached hydrogens (tertiary/aromatic N) is 1. The van der Waals surface area contributed by atoms with E-state index in [-0.39, 0.29) is 18.3 Å². The van der Waals surface area contributed by atoms with Crippen molar-refractivity contribution in [1.82, 2.24) is 0 Å². The number of amidine groups is 1. The highest BCUT2D eigenvalue weighted by molar-refractivity contribution is 7.08. The molecule has 0 aliphatic carbocycles. The molecule has 21 heavy (non-hydrogen) atoms. The number of amides is 1. The summed E-state index contributed by atoms with van der Waals surface area (Å²) < 4.78 is 5.28. The van der Waals surface area contributed by atoms with Gasteiger partial charge in [-0.15, -0.1) is 0 Å². The first-order valence-corrected chi connectivity index (χ1v) is 7.12. The molecule has 0 spiro atoms. The van der Waals surface area contributed by atoms with Crippen molar-refractivity contribution in [2.75, 3.05) is 11.9 Å². The van der Waals surface area contributed by atoms with Crippen LogP contribution in [0.3, 0.4) is 0 Å². The normalized spacial score (nSPS) is 11.1. The van der Waals surface area contributed by atoms with Gasteiger partial charge in [0.2, 0.25) is 5.91 Å². The van der Waals surface area contributed by atoms with Crippen molar-refractivity contribution in [1.29, 1.82) is 0 Å². The van der Waals surface area contributed by atoms with Crippen molar-refractivity contribution >= 4 is 28.8 Å². The van der Waals surface area contributed by atoms with Crippen LogP contribution in [0, 0.1) is 0 Å². The molecule has 2 rings (SSSR count). The van der Waals surface area contributed by atoms with Crippen molar-refractivity contribution in [3.05, 3.63) is 46.7 Å². The fraction of sp³-hybridized carbons (Fsp3) is 0.143. The summed E-state index contributed by atoms with van der Waals surface area (Å²) in [7, 11) is 0. The molecule has 0 radical (unpaired) electrons. The molecule has 0 saturated heterocycles. The second kappa shape index (κ2) is 7.30. The molecule has 0 aliphatic rings. The number of ether oxygens (including phenoxy) is 1. The lowest BCUT2D eigenvalue weighted by Gasteiger charge is -2.07. The molecule has 1 amide bonds. The molecule has 6 nitrogen and oxygen atoms in total. The third kappa shape index (κ3) is 4.81. The zero-order chi connectivity index (χ0) is 15.1. The van der Waals surface area contributed by atoms with Crippen LogP contribution in [0.4, 0.5) is 5.69 Å². The summed E-state index contributed by atoms with van der Waals surface area (Å²) in [4.78, 5) is 11.8. The maximum Gasteiger partial charge on any atom is 0.228 e. The smallest absolute Gasteiger partial charge is 0.228 e. The molecule has 0 bridgehead atoms. The largest absolute Gasteiger partial charge is 0.486 e. The van der Waals surface area contributed by atoms with E-state index < -0.39 is 0 Å². The molecule has 110 valence electrons. The number of benzene rings is 1. The first-order valence-electron chi connectivity index (χ1n) is 6.17. The quantitative estimate of drug-likeness (QED) is 0.329. The van der Waals surface area contributed by atoms with E-state index in [1.807, 2.05) is 16.8 Å². The van der Waals surface area contributed by atoms with Crippen LogP contribution in [-0.2, 0) is 11.2 Å². The van der Waals surface area contributed by atoms with Crippen molar-refractivity contribution in [2.24, 2.45) is 10.9 Å². The molecule has 1 aromatic heterocycles. The third-order valence-corrected chi connectivity index (χ3v) is 3.33. The molecule has 0 atom stereocenters. The van der Waals surface area contributed by atoms with Crippen molar-refractivity contribution < 1.29 is 14.7 Å². The molecule has 1 heterocycles. The molecule has 2 aromatic rings. The van der Waals surface area contributed by atoms with E-state index in [0.29, 0.717) is 17.9 Å². The van der Waals surface area contributed by atoms with Gasteiger partial charge in [0, 0.05) is 5.69 Å². The summed E-state index contributed by atoms with van der Waals surface area (Å²) in [6, 6.07) is 8.78. The standard InChI is InChI=1S/C14H15N3O3S/c15-13(17-19)8-20-12-3-1-11(2-4-12)16-14(18)7-10-5-6-21-9-10/h1-6,9,19H,7-8H2,(H2,15,17)(H,16,18). The van der Waals surface area contributed by atoms with E-state index in [1.54, 1.807) is 35.6 Å². The molecule has 0 aliphatic heterocycles. The highest BCUT2D eigenvalue weighted by atomic mass is 32.1. The topological polar surface area (TPSA) is 96.9 Å². The zero-order valence-corrected chi connectivity index (χ0v) is 12.0. The number of oxime groups is 1. The number of thiophene rings is 1. The van der Waals surface area contributed by atoms with Crippen LogP contribution in [0.2, 0.25) is 0 Å². The first kappa shape index (κ1) is 14.9. The van der Waals surface area contributed by atoms with Gasteiger partial charge in [0.05, 0.1) is 6.42 Å². The summed E-state index contributed by atoms with van der Waals surface area (Å²) in [5.41, 5.74) is 6.98. The van der Waals surface area contributed by atoms with E-state index in [2.05, 4.69) is 10.5 Å². The van der Waals surface area contributed by atoms with Crippen LogP contribution in [0.15, 0.2) is 46.2 Å². The van der Waals surface area contributed by atoms with Gasteiger partial charge in [0.1, 0.15) is 12.4 Å². The Balaban J connectivity index is 1.85. The number of nitrogens with one attached hydrogen (secondary N) is 1. The average molecular weight is 305 g/mol. The summed E-state index contributed by atoms with van der Waals surface area (Å²) in [6.07, 6.45) is 0.352. The van der Waals surface area contributed by atoms with Crippen molar-refractivity contribution in [3.8, 4) is 5.75 Å². The van der Waals surface area contributed by atoms with Crippen LogP contribution >= 0.6 is 11.3 Å². The van der Waals surface area contributed by atoms with Gasteiger partial charge in [0.25, 0.3) is 0 Å². The van der Waals surface area contributed by atoms with Gasteiger partial charge in [-0.2, -0.15) is 11.3 Å². The number of hydrogen-bond acceptors (Lipinski definition) is 5. The minimum atomic E-state index is -0.0706. The number of hydrogen-bond donors (Lipinski definition) is 3. The minimum absolute atomic E-state index is 0.000359. The predicted molar refractivity (Wildman–Crippen MR) is 82.0 cm³/mol. The SMILES string of the molecule is N/C(COc1ccc(NC(=O)Cc2ccsc2)cc1)=N\O. The summed E-state index contributed by atoms with van der Waals surface area (Å²) >= 11 is 1.57. The Hall–Kier alpha value is -2.54. The van der Waals surface area contributed by atoms with Crippen LogP contribution in [0.25, 0.3) is 0 Å². The van der Waals surface area contributed by atoms with E-state index >= 15 is 0 Å². The fourth-order valence-corrected chi connectivity index (χ4v) is 2.27. The van der Waals surface area contributed by atoms with E-state index in [9.17, 15) is 4.79 Å². The van der Waals surface area contributed by atoms with E-state index in [4.69, 9.17) is 15.7 Å². The summed E-state index contributed by atoms with van der Waals surface area (Å²) in [6.45, 7) is 0.000359. The molecule has 0 saturated carbocycles. The molecule has 1 aromatic carbocycles. The Morgan fingerprint density at radius 3 is 2.71 bits per heavy atom. The van der Waals surface area contributed by atoms with Gasteiger partial charge in [-0.05, 0) is 46.7 Å². The summed E-state index contributed by atoms with van der Waals surface area (Å²) in [5.74, 6) is 0.485. The Morgan fingerprint density at radius 2 is 2.10 bits per heavy atom. The Bertz CT molecular complexity index is 609. The monoisotopic (exact) mass is 305 g/mol. The van der Waals surface area contributed by atoms with E-state index in [1.165, 1.54) is 0 Å². The van der Waals surface area contributed by atoms with Crippen molar-refractivity contribution in [3.63, 3.8) is 0 Å². The molecule has 4 N–H and O–H groups in total.